The van der Waals surface area contributed by atoms with Gasteiger partial charge in [-0.3, -0.25) is 4.79 Å². The highest BCUT2D eigenvalue weighted by molar-refractivity contribution is 7.89. The van der Waals surface area contributed by atoms with Crippen LogP contribution in [0.15, 0.2) is 47.4 Å². The summed E-state index contributed by atoms with van der Waals surface area (Å²) in [7, 11) is -2.11. The predicted octanol–water partition coefficient (Wildman–Crippen LogP) is 1.79. The summed E-state index contributed by atoms with van der Waals surface area (Å²) in [5.74, 6) is 0.643. The van der Waals surface area contributed by atoms with E-state index in [1.807, 2.05) is 13.0 Å². The molecule has 7 nitrogen and oxygen atoms in total. The molecule has 0 radical (unpaired) electrons. The first-order valence-corrected chi connectivity index (χ1v) is 9.91. The number of methoxy groups -OCH3 is 1. The average Bonchev–Trinajstić information content (AvgIpc) is 2.65. The van der Waals surface area contributed by atoms with Gasteiger partial charge in [-0.2, -0.15) is 0 Å². The van der Waals surface area contributed by atoms with Crippen molar-refractivity contribution < 1.29 is 22.7 Å². The van der Waals surface area contributed by atoms with Gasteiger partial charge in [0.05, 0.1) is 12.0 Å². The van der Waals surface area contributed by atoms with Crippen molar-refractivity contribution in [2.45, 2.75) is 18.7 Å². The van der Waals surface area contributed by atoms with Crippen molar-refractivity contribution in [3.05, 3.63) is 53.6 Å². The molecule has 0 aliphatic carbocycles. The number of hydrogen-bond acceptors (Lipinski definition) is 5. The van der Waals surface area contributed by atoms with E-state index in [1.165, 1.54) is 7.11 Å². The van der Waals surface area contributed by atoms with Gasteiger partial charge in [0.1, 0.15) is 0 Å². The van der Waals surface area contributed by atoms with Crippen molar-refractivity contribution in [2.75, 3.05) is 26.8 Å². The van der Waals surface area contributed by atoms with Gasteiger partial charge in [-0.1, -0.05) is 24.3 Å². The first-order chi connectivity index (χ1) is 12.8. The molecule has 2 aromatic rings. The van der Waals surface area contributed by atoms with Crippen LogP contribution in [0, 0.1) is 13.8 Å². The van der Waals surface area contributed by atoms with Gasteiger partial charge in [-0.15, -0.1) is 0 Å². The number of rotatable bonds is 9. The average molecular weight is 392 g/mol. The Balaban J connectivity index is 1.79. The lowest BCUT2D eigenvalue weighted by molar-refractivity contribution is -0.123. The van der Waals surface area contributed by atoms with Gasteiger partial charge < -0.3 is 14.8 Å². The van der Waals surface area contributed by atoms with Gasteiger partial charge >= 0.3 is 0 Å². The summed E-state index contributed by atoms with van der Waals surface area (Å²) < 4.78 is 37.8. The Morgan fingerprint density at radius 3 is 2.44 bits per heavy atom. The Morgan fingerprint density at radius 2 is 1.74 bits per heavy atom. The van der Waals surface area contributed by atoms with E-state index >= 15 is 0 Å². The molecule has 0 unspecified atom stereocenters. The van der Waals surface area contributed by atoms with E-state index in [2.05, 4.69) is 10.0 Å². The summed E-state index contributed by atoms with van der Waals surface area (Å²) >= 11 is 0. The minimum Gasteiger partial charge on any atom is -0.493 e. The minimum absolute atomic E-state index is 0.0795. The Kier molecular flexibility index (Phi) is 7.20. The standard InChI is InChI=1S/C19H24N2O5S/c1-14-8-9-15(2)18(12-14)27(23,24)21-11-10-20-19(22)13-26-17-7-5-4-6-16(17)25-3/h4-9,12,21H,10-11,13H2,1-3H3,(H,20,22). The lowest BCUT2D eigenvalue weighted by Crippen LogP contribution is -2.37. The Labute approximate surface area is 159 Å². The molecule has 0 atom stereocenters. The number of amides is 1. The van der Waals surface area contributed by atoms with Gasteiger partial charge in [0.25, 0.3) is 5.91 Å². The van der Waals surface area contributed by atoms with Gasteiger partial charge in [-0.05, 0) is 43.2 Å². The van der Waals surface area contributed by atoms with E-state index in [0.29, 0.717) is 17.1 Å². The van der Waals surface area contributed by atoms with Gasteiger partial charge in [0.15, 0.2) is 18.1 Å². The maximum atomic E-state index is 12.4. The second-order valence-corrected chi connectivity index (χ2v) is 7.69. The minimum atomic E-state index is -3.62. The molecule has 0 saturated carbocycles. The number of hydrogen-bond donors (Lipinski definition) is 2. The quantitative estimate of drug-likeness (QED) is 0.635. The van der Waals surface area contributed by atoms with E-state index in [0.717, 1.165) is 5.56 Å². The molecule has 146 valence electrons. The van der Waals surface area contributed by atoms with Crippen LogP contribution in [0.1, 0.15) is 11.1 Å². The summed E-state index contributed by atoms with van der Waals surface area (Å²) in [5, 5.41) is 2.61. The fraction of sp³-hybridized carbons (Fsp3) is 0.316. The van der Waals surface area contributed by atoms with Crippen molar-refractivity contribution >= 4 is 15.9 Å². The van der Waals surface area contributed by atoms with E-state index in [4.69, 9.17) is 9.47 Å². The highest BCUT2D eigenvalue weighted by Crippen LogP contribution is 2.25. The van der Waals surface area contributed by atoms with Crippen molar-refractivity contribution in [2.24, 2.45) is 0 Å². The third-order valence-electron chi connectivity index (χ3n) is 3.80. The van der Waals surface area contributed by atoms with Crippen LogP contribution in [0.5, 0.6) is 11.5 Å². The van der Waals surface area contributed by atoms with Crippen LogP contribution in [0.3, 0.4) is 0 Å². The second-order valence-electron chi connectivity index (χ2n) is 5.96. The fourth-order valence-electron chi connectivity index (χ4n) is 2.39. The lowest BCUT2D eigenvalue weighted by Gasteiger charge is -2.12. The van der Waals surface area contributed by atoms with E-state index in [-0.39, 0.29) is 30.5 Å². The van der Waals surface area contributed by atoms with Gasteiger partial charge in [0, 0.05) is 13.1 Å². The van der Waals surface area contributed by atoms with Crippen LogP contribution in [0.2, 0.25) is 0 Å². The second kappa shape index (κ2) is 9.38. The van der Waals surface area contributed by atoms with E-state index in [1.54, 1.807) is 43.3 Å². The summed E-state index contributed by atoms with van der Waals surface area (Å²) in [6.07, 6.45) is 0. The van der Waals surface area contributed by atoms with Crippen molar-refractivity contribution in [1.82, 2.24) is 10.0 Å². The maximum Gasteiger partial charge on any atom is 0.257 e. The molecule has 2 aromatic carbocycles. The van der Waals surface area contributed by atoms with Crippen LogP contribution in [0.4, 0.5) is 0 Å². The molecule has 0 spiro atoms. The maximum absolute atomic E-state index is 12.4. The first-order valence-electron chi connectivity index (χ1n) is 8.43. The topological polar surface area (TPSA) is 93.7 Å². The van der Waals surface area contributed by atoms with Crippen LogP contribution in [-0.4, -0.2) is 41.1 Å². The van der Waals surface area contributed by atoms with Crippen molar-refractivity contribution in [3.8, 4) is 11.5 Å². The monoisotopic (exact) mass is 392 g/mol. The molecule has 0 aliphatic rings. The smallest absolute Gasteiger partial charge is 0.257 e. The normalized spacial score (nSPS) is 11.1. The number of nitrogens with one attached hydrogen (secondary N) is 2. The number of para-hydroxylation sites is 2. The Hall–Kier alpha value is -2.58. The SMILES string of the molecule is COc1ccccc1OCC(=O)NCCNS(=O)(=O)c1cc(C)ccc1C. The highest BCUT2D eigenvalue weighted by atomic mass is 32.2. The molecule has 0 aliphatic heterocycles. The first kappa shape index (κ1) is 20.7. The summed E-state index contributed by atoms with van der Waals surface area (Å²) in [4.78, 5) is 12.1. The van der Waals surface area contributed by atoms with Crippen molar-refractivity contribution in [3.63, 3.8) is 0 Å². The molecule has 0 fully saturated rings. The number of carbonyl (C=O) groups is 1. The summed E-state index contributed by atoms with van der Waals surface area (Å²) in [5.41, 5.74) is 1.53. The van der Waals surface area contributed by atoms with Crippen molar-refractivity contribution in [1.29, 1.82) is 0 Å². The predicted molar refractivity (Wildman–Crippen MR) is 103 cm³/mol. The zero-order chi connectivity index (χ0) is 19.9. The Bertz CT molecular complexity index is 897. The fourth-order valence-corrected chi connectivity index (χ4v) is 3.75. The van der Waals surface area contributed by atoms with Crippen LogP contribution in [0.25, 0.3) is 0 Å². The van der Waals surface area contributed by atoms with Gasteiger partial charge in [0.2, 0.25) is 10.0 Å². The molecular weight excluding hydrogens is 368 g/mol. The summed E-state index contributed by atoms with van der Waals surface area (Å²) in [6, 6.07) is 12.2. The zero-order valence-electron chi connectivity index (χ0n) is 15.6. The van der Waals surface area contributed by atoms with E-state index in [9.17, 15) is 13.2 Å². The zero-order valence-corrected chi connectivity index (χ0v) is 16.4. The molecule has 0 aromatic heterocycles. The van der Waals surface area contributed by atoms with Crippen LogP contribution >= 0.6 is 0 Å². The van der Waals surface area contributed by atoms with Crippen LogP contribution in [-0.2, 0) is 14.8 Å². The number of benzene rings is 2. The largest absolute Gasteiger partial charge is 0.493 e. The molecule has 27 heavy (non-hydrogen) atoms. The van der Waals surface area contributed by atoms with Gasteiger partial charge in [-0.25, -0.2) is 13.1 Å². The number of sulfonamides is 1. The Morgan fingerprint density at radius 1 is 1.04 bits per heavy atom. The van der Waals surface area contributed by atoms with E-state index < -0.39 is 10.0 Å². The molecule has 8 heteroatoms. The third-order valence-corrected chi connectivity index (χ3v) is 5.40. The number of carbonyl (C=O) groups excluding carboxylic acids is 1. The number of ether oxygens (including phenoxy) is 2. The molecular formula is C19H24N2O5S. The molecule has 0 bridgehead atoms. The molecule has 0 saturated heterocycles. The molecule has 0 heterocycles. The number of aryl methyl sites for hydroxylation is 2. The molecule has 2 N–H and O–H groups in total. The highest BCUT2D eigenvalue weighted by Gasteiger charge is 2.16. The molecule has 1 amide bonds. The summed E-state index contributed by atoms with van der Waals surface area (Å²) in [6.45, 7) is 3.61. The third kappa shape index (κ3) is 5.97. The van der Waals surface area contributed by atoms with Crippen LogP contribution < -0.4 is 19.5 Å². The lowest BCUT2D eigenvalue weighted by atomic mass is 10.2. The molecule has 2 rings (SSSR count).